The van der Waals surface area contributed by atoms with E-state index in [-0.39, 0.29) is 5.82 Å². The van der Waals surface area contributed by atoms with Crippen molar-refractivity contribution in [1.82, 2.24) is 10.2 Å². The monoisotopic (exact) mass is 340 g/mol. The van der Waals surface area contributed by atoms with E-state index in [1.807, 2.05) is 6.07 Å². The van der Waals surface area contributed by atoms with Crippen LogP contribution in [0.5, 0.6) is 0 Å². The quantitative estimate of drug-likeness (QED) is 0.902. The highest BCUT2D eigenvalue weighted by Crippen LogP contribution is 2.28. The topological polar surface area (TPSA) is 15.3 Å². The van der Waals surface area contributed by atoms with E-state index in [1.54, 1.807) is 12.1 Å². The van der Waals surface area contributed by atoms with Crippen LogP contribution in [0, 0.1) is 5.82 Å². The number of hydrogen-bond donors (Lipinski definition) is 1. The highest BCUT2D eigenvalue weighted by Gasteiger charge is 2.31. The highest BCUT2D eigenvalue weighted by atomic mass is 79.9. The molecule has 1 aromatic carbocycles. The van der Waals surface area contributed by atoms with Crippen molar-refractivity contribution in [3.05, 3.63) is 34.1 Å². The maximum absolute atomic E-state index is 13.2. The third-order valence-corrected chi connectivity index (χ3v) is 5.35. The van der Waals surface area contributed by atoms with Gasteiger partial charge in [-0.15, -0.1) is 0 Å². The van der Waals surface area contributed by atoms with Crippen molar-refractivity contribution < 1.29 is 4.39 Å². The predicted octanol–water partition coefficient (Wildman–Crippen LogP) is 3.69. The standard InChI is InChI=1S/C16H22BrFN2/c17-14-10-13(18)7-6-12(14)11-20-9-2-1-5-16(20)15-4-3-8-19-15/h6-7,10,15-16,19H,1-5,8-9,11H2. The summed E-state index contributed by atoms with van der Waals surface area (Å²) in [4.78, 5) is 2.59. The zero-order valence-corrected chi connectivity index (χ0v) is 13.3. The second-order valence-corrected chi connectivity index (χ2v) is 6.83. The summed E-state index contributed by atoms with van der Waals surface area (Å²) >= 11 is 3.50. The van der Waals surface area contributed by atoms with Crippen LogP contribution >= 0.6 is 15.9 Å². The van der Waals surface area contributed by atoms with Gasteiger partial charge in [-0.1, -0.05) is 28.4 Å². The van der Waals surface area contributed by atoms with Crippen LogP contribution in [0.4, 0.5) is 4.39 Å². The Labute approximate surface area is 128 Å². The average Bonchev–Trinajstić information content (AvgIpc) is 2.96. The smallest absolute Gasteiger partial charge is 0.124 e. The minimum atomic E-state index is -0.173. The molecule has 3 rings (SSSR count). The first kappa shape index (κ1) is 14.5. The molecule has 0 spiro atoms. The molecule has 110 valence electrons. The number of nitrogens with one attached hydrogen (secondary N) is 1. The van der Waals surface area contributed by atoms with Gasteiger partial charge in [0.15, 0.2) is 0 Å². The molecule has 1 aromatic rings. The molecule has 2 unspecified atom stereocenters. The van der Waals surface area contributed by atoms with Gasteiger partial charge in [-0.25, -0.2) is 4.39 Å². The molecular weight excluding hydrogens is 319 g/mol. The Balaban J connectivity index is 1.72. The summed E-state index contributed by atoms with van der Waals surface area (Å²) in [5.74, 6) is -0.173. The van der Waals surface area contributed by atoms with E-state index in [0.29, 0.717) is 12.1 Å². The Kier molecular flexibility index (Phi) is 4.74. The molecule has 0 aliphatic carbocycles. The van der Waals surface area contributed by atoms with E-state index < -0.39 is 0 Å². The molecule has 2 saturated heterocycles. The molecule has 0 amide bonds. The maximum atomic E-state index is 13.2. The summed E-state index contributed by atoms with van der Waals surface area (Å²) in [7, 11) is 0. The Morgan fingerprint density at radius 1 is 1.25 bits per heavy atom. The van der Waals surface area contributed by atoms with Gasteiger partial charge in [-0.05, 0) is 56.5 Å². The maximum Gasteiger partial charge on any atom is 0.124 e. The summed E-state index contributed by atoms with van der Waals surface area (Å²) in [6, 6.07) is 6.33. The molecule has 1 N–H and O–H groups in total. The lowest BCUT2D eigenvalue weighted by Gasteiger charge is -2.39. The Morgan fingerprint density at radius 3 is 2.90 bits per heavy atom. The van der Waals surface area contributed by atoms with E-state index in [4.69, 9.17) is 0 Å². The molecule has 2 aliphatic heterocycles. The number of rotatable bonds is 3. The molecule has 2 nitrogen and oxygen atoms in total. The molecule has 0 radical (unpaired) electrons. The zero-order valence-electron chi connectivity index (χ0n) is 11.7. The summed E-state index contributed by atoms with van der Waals surface area (Å²) < 4.78 is 14.1. The first-order valence-electron chi connectivity index (χ1n) is 7.65. The minimum Gasteiger partial charge on any atom is -0.312 e. The first-order valence-corrected chi connectivity index (χ1v) is 8.45. The van der Waals surface area contributed by atoms with Crippen LogP contribution in [-0.4, -0.2) is 30.1 Å². The Hall–Kier alpha value is -0.450. The van der Waals surface area contributed by atoms with Gasteiger partial charge in [0, 0.05) is 23.1 Å². The van der Waals surface area contributed by atoms with Gasteiger partial charge in [-0.2, -0.15) is 0 Å². The fraction of sp³-hybridized carbons (Fsp3) is 0.625. The largest absolute Gasteiger partial charge is 0.312 e. The van der Waals surface area contributed by atoms with Crippen LogP contribution < -0.4 is 5.32 Å². The summed E-state index contributed by atoms with van der Waals surface area (Å²) in [6.07, 6.45) is 6.50. The fourth-order valence-electron chi connectivity index (χ4n) is 3.58. The molecule has 4 heteroatoms. The third kappa shape index (κ3) is 3.23. The van der Waals surface area contributed by atoms with E-state index >= 15 is 0 Å². The van der Waals surface area contributed by atoms with Crippen molar-refractivity contribution in [3.63, 3.8) is 0 Å². The van der Waals surface area contributed by atoms with Gasteiger partial charge in [-0.3, -0.25) is 4.90 Å². The zero-order chi connectivity index (χ0) is 13.9. The van der Waals surface area contributed by atoms with Crippen molar-refractivity contribution >= 4 is 15.9 Å². The lowest BCUT2D eigenvalue weighted by atomic mass is 9.94. The SMILES string of the molecule is Fc1ccc(CN2CCCCC2C2CCCN2)c(Br)c1. The van der Waals surface area contributed by atoms with Gasteiger partial charge in [0.05, 0.1) is 0 Å². The van der Waals surface area contributed by atoms with Gasteiger partial charge in [0.1, 0.15) is 5.82 Å². The number of halogens is 2. The second-order valence-electron chi connectivity index (χ2n) is 5.97. The minimum absolute atomic E-state index is 0.173. The molecule has 2 heterocycles. The molecule has 2 fully saturated rings. The lowest BCUT2D eigenvalue weighted by molar-refractivity contribution is 0.112. The van der Waals surface area contributed by atoms with Crippen LogP contribution in [0.1, 0.15) is 37.7 Å². The van der Waals surface area contributed by atoms with Crippen molar-refractivity contribution in [2.75, 3.05) is 13.1 Å². The fourth-order valence-corrected chi connectivity index (χ4v) is 4.05. The predicted molar refractivity (Wildman–Crippen MR) is 83.2 cm³/mol. The molecule has 2 atom stereocenters. The molecule has 0 saturated carbocycles. The van der Waals surface area contributed by atoms with Crippen molar-refractivity contribution in [3.8, 4) is 0 Å². The van der Waals surface area contributed by atoms with Crippen molar-refractivity contribution in [2.45, 2.75) is 50.7 Å². The van der Waals surface area contributed by atoms with Gasteiger partial charge < -0.3 is 5.32 Å². The first-order chi connectivity index (χ1) is 9.74. The Morgan fingerprint density at radius 2 is 2.15 bits per heavy atom. The lowest BCUT2D eigenvalue weighted by Crippen LogP contribution is -2.49. The van der Waals surface area contributed by atoms with Crippen LogP contribution in [-0.2, 0) is 6.54 Å². The van der Waals surface area contributed by atoms with Gasteiger partial charge >= 0.3 is 0 Å². The van der Waals surface area contributed by atoms with Crippen LogP contribution in [0.2, 0.25) is 0 Å². The third-order valence-electron chi connectivity index (χ3n) is 4.62. The van der Waals surface area contributed by atoms with Crippen LogP contribution in [0.15, 0.2) is 22.7 Å². The van der Waals surface area contributed by atoms with E-state index in [1.165, 1.54) is 37.7 Å². The van der Waals surface area contributed by atoms with Gasteiger partial charge in [0.25, 0.3) is 0 Å². The molecule has 0 bridgehead atoms. The van der Waals surface area contributed by atoms with Crippen molar-refractivity contribution in [1.29, 1.82) is 0 Å². The number of piperidine rings is 1. The highest BCUT2D eigenvalue weighted by molar-refractivity contribution is 9.10. The summed E-state index contributed by atoms with van der Waals surface area (Å²) in [5, 5.41) is 3.65. The van der Waals surface area contributed by atoms with E-state index in [2.05, 4.69) is 26.1 Å². The average molecular weight is 341 g/mol. The molecule has 0 aromatic heterocycles. The molecule has 2 aliphatic rings. The second kappa shape index (κ2) is 6.54. The van der Waals surface area contributed by atoms with E-state index in [0.717, 1.165) is 24.1 Å². The number of nitrogens with zero attached hydrogens (tertiary/aromatic N) is 1. The molecule has 20 heavy (non-hydrogen) atoms. The van der Waals surface area contributed by atoms with Crippen LogP contribution in [0.25, 0.3) is 0 Å². The summed E-state index contributed by atoms with van der Waals surface area (Å²) in [6.45, 7) is 3.24. The number of hydrogen-bond acceptors (Lipinski definition) is 2. The summed E-state index contributed by atoms with van der Waals surface area (Å²) in [5.41, 5.74) is 1.19. The van der Waals surface area contributed by atoms with Crippen LogP contribution in [0.3, 0.4) is 0 Å². The van der Waals surface area contributed by atoms with E-state index in [9.17, 15) is 4.39 Å². The number of likely N-dealkylation sites (tertiary alicyclic amines) is 1. The normalized spacial score (nSPS) is 27.9. The molecular formula is C16H22BrFN2. The van der Waals surface area contributed by atoms with Crippen molar-refractivity contribution in [2.24, 2.45) is 0 Å². The Bertz CT molecular complexity index is 460. The number of benzene rings is 1. The van der Waals surface area contributed by atoms with Gasteiger partial charge in [0.2, 0.25) is 0 Å².